The van der Waals surface area contributed by atoms with Crippen LogP contribution in [0.15, 0.2) is 78.0 Å². The molecule has 0 saturated heterocycles. The number of methoxy groups -OCH3 is 2. The lowest BCUT2D eigenvalue weighted by molar-refractivity contribution is -0.113. The van der Waals surface area contributed by atoms with E-state index in [0.717, 1.165) is 11.3 Å². The molecule has 0 saturated carbocycles. The molecule has 1 aromatic heterocycles. The Morgan fingerprint density at radius 3 is 2.48 bits per heavy atom. The number of halogens is 1. The van der Waals surface area contributed by atoms with Crippen molar-refractivity contribution >= 4 is 35.0 Å². The van der Waals surface area contributed by atoms with E-state index in [1.54, 1.807) is 32.4 Å². The SMILES string of the molecule is COc1ccc(NC(=O)CSc2nnc(-c3cccc(Cl)c3)n2-c2ccccc2)cc1OC. The number of hydrogen-bond acceptors (Lipinski definition) is 6. The van der Waals surface area contributed by atoms with E-state index in [-0.39, 0.29) is 11.7 Å². The van der Waals surface area contributed by atoms with E-state index in [1.165, 1.54) is 11.8 Å². The molecule has 1 amide bonds. The third kappa shape index (κ3) is 5.30. The Hall–Kier alpha value is -3.49. The predicted molar refractivity (Wildman–Crippen MR) is 131 cm³/mol. The zero-order chi connectivity index (χ0) is 23.2. The lowest BCUT2D eigenvalue weighted by Gasteiger charge is -2.11. The first-order valence-electron chi connectivity index (χ1n) is 10.0. The molecule has 0 radical (unpaired) electrons. The molecule has 0 aliphatic carbocycles. The van der Waals surface area contributed by atoms with Crippen LogP contribution >= 0.6 is 23.4 Å². The van der Waals surface area contributed by atoms with Crippen LogP contribution in [0, 0.1) is 0 Å². The topological polar surface area (TPSA) is 78.3 Å². The molecular weight excluding hydrogens is 460 g/mol. The van der Waals surface area contributed by atoms with E-state index in [4.69, 9.17) is 21.1 Å². The Morgan fingerprint density at radius 2 is 1.76 bits per heavy atom. The highest BCUT2D eigenvalue weighted by Crippen LogP contribution is 2.31. The smallest absolute Gasteiger partial charge is 0.234 e. The summed E-state index contributed by atoms with van der Waals surface area (Å²) >= 11 is 7.48. The number of aromatic nitrogens is 3. The number of rotatable bonds is 8. The Balaban J connectivity index is 1.55. The van der Waals surface area contributed by atoms with E-state index in [9.17, 15) is 4.79 Å². The summed E-state index contributed by atoms with van der Waals surface area (Å²) in [6, 6.07) is 22.4. The van der Waals surface area contributed by atoms with Gasteiger partial charge in [0.15, 0.2) is 22.5 Å². The van der Waals surface area contributed by atoms with E-state index < -0.39 is 0 Å². The van der Waals surface area contributed by atoms with Gasteiger partial charge in [0.05, 0.1) is 20.0 Å². The summed E-state index contributed by atoms with van der Waals surface area (Å²) in [7, 11) is 3.11. The minimum absolute atomic E-state index is 0.148. The van der Waals surface area contributed by atoms with E-state index in [2.05, 4.69) is 15.5 Å². The fraction of sp³-hybridized carbons (Fsp3) is 0.125. The summed E-state index contributed by atoms with van der Waals surface area (Å²) in [5, 5.41) is 12.8. The summed E-state index contributed by atoms with van der Waals surface area (Å²) in [6.07, 6.45) is 0. The number of nitrogens with one attached hydrogen (secondary N) is 1. The van der Waals surface area contributed by atoms with Gasteiger partial charge in [-0.1, -0.05) is 53.7 Å². The molecule has 0 aliphatic rings. The first-order valence-corrected chi connectivity index (χ1v) is 11.4. The molecule has 4 rings (SSSR count). The van der Waals surface area contributed by atoms with Crippen molar-refractivity contribution in [2.45, 2.75) is 5.16 Å². The molecule has 0 unspecified atom stereocenters. The Bertz CT molecular complexity index is 1260. The fourth-order valence-electron chi connectivity index (χ4n) is 3.23. The molecule has 0 aliphatic heterocycles. The van der Waals surface area contributed by atoms with Gasteiger partial charge in [0.25, 0.3) is 0 Å². The number of para-hydroxylation sites is 1. The highest BCUT2D eigenvalue weighted by molar-refractivity contribution is 7.99. The Kier molecular flexibility index (Phi) is 7.16. The Labute approximate surface area is 200 Å². The summed E-state index contributed by atoms with van der Waals surface area (Å²) in [5.41, 5.74) is 2.34. The van der Waals surface area contributed by atoms with Crippen molar-refractivity contribution in [1.82, 2.24) is 14.8 Å². The van der Waals surface area contributed by atoms with Gasteiger partial charge in [-0.3, -0.25) is 9.36 Å². The van der Waals surface area contributed by atoms with Gasteiger partial charge in [0, 0.05) is 28.0 Å². The third-order valence-corrected chi connectivity index (χ3v) is 5.89. The lowest BCUT2D eigenvalue weighted by atomic mass is 10.2. The molecule has 9 heteroatoms. The summed E-state index contributed by atoms with van der Waals surface area (Å²) in [5.74, 6) is 1.74. The van der Waals surface area contributed by atoms with E-state index in [1.807, 2.05) is 59.2 Å². The number of ether oxygens (including phenoxy) is 2. The highest BCUT2D eigenvalue weighted by atomic mass is 35.5. The summed E-state index contributed by atoms with van der Waals surface area (Å²) in [6.45, 7) is 0. The molecule has 33 heavy (non-hydrogen) atoms. The summed E-state index contributed by atoms with van der Waals surface area (Å²) in [4.78, 5) is 12.6. The second-order valence-corrected chi connectivity index (χ2v) is 8.27. The summed E-state index contributed by atoms with van der Waals surface area (Å²) < 4.78 is 12.4. The van der Waals surface area contributed by atoms with Crippen LogP contribution in [0.1, 0.15) is 0 Å². The monoisotopic (exact) mass is 480 g/mol. The van der Waals surface area contributed by atoms with E-state index >= 15 is 0 Å². The van der Waals surface area contributed by atoms with Crippen molar-refractivity contribution in [2.24, 2.45) is 0 Å². The average molecular weight is 481 g/mol. The lowest BCUT2D eigenvalue weighted by Crippen LogP contribution is -2.14. The number of hydrogen-bond donors (Lipinski definition) is 1. The van der Waals surface area contributed by atoms with E-state index in [0.29, 0.717) is 33.2 Å². The van der Waals surface area contributed by atoms with Crippen LogP contribution in [0.5, 0.6) is 11.5 Å². The second kappa shape index (κ2) is 10.4. The van der Waals surface area contributed by atoms with Crippen molar-refractivity contribution in [3.8, 4) is 28.6 Å². The minimum Gasteiger partial charge on any atom is -0.493 e. The number of amides is 1. The number of anilines is 1. The zero-order valence-electron chi connectivity index (χ0n) is 18.0. The number of carbonyl (C=O) groups is 1. The Morgan fingerprint density at radius 1 is 0.970 bits per heavy atom. The van der Waals surface area contributed by atoms with Gasteiger partial charge in [0.1, 0.15) is 0 Å². The zero-order valence-corrected chi connectivity index (χ0v) is 19.6. The molecule has 0 bridgehead atoms. The number of nitrogens with zero attached hydrogens (tertiary/aromatic N) is 3. The van der Waals surface area contributed by atoms with Crippen LogP contribution in [0.2, 0.25) is 5.02 Å². The largest absolute Gasteiger partial charge is 0.493 e. The average Bonchev–Trinajstić information content (AvgIpc) is 3.27. The molecule has 1 heterocycles. The van der Waals surface area contributed by atoms with Gasteiger partial charge < -0.3 is 14.8 Å². The number of carbonyl (C=O) groups excluding carboxylic acids is 1. The molecule has 7 nitrogen and oxygen atoms in total. The third-order valence-electron chi connectivity index (χ3n) is 4.73. The fourth-order valence-corrected chi connectivity index (χ4v) is 4.17. The van der Waals surface area contributed by atoms with Crippen molar-refractivity contribution in [3.63, 3.8) is 0 Å². The van der Waals surface area contributed by atoms with Gasteiger partial charge in [-0.25, -0.2) is 0 Å². The van der Waals surface area contributed by atoms with Crippen LogP contribution < -0.4 is 14.8 Å². The van der Waals surface area contributed by atoms with Crippen LogP contribution in [0.3, 0.4) is 0 Å². The quantitative estimate of drug-likeness (QED) is 0.343. The van der Waals surface area contributed by atoms with Gasteiger partial charge in [0.2, 0.25) is 5.91 Å². The van der Waals surface area contributed by atoms with Crippen molar-refractivity contribution in [3.05, 3.63) is 77.8 Å². The van der Waals surface area contributed by atoms with Crippen LogP contribution in [0.4, 0.5) is 5.69 Å². The van der Waals surface area contributed by atoms with Crippen molar-refractivity contribution in [1.29, 1.82) is 0 Å². The first kappa shape index (κ1) is 22.7. The highest BCUT2D eigenvalue weighted by Gasteiger charge is 2.18. The second-order valence-electron chi connectivity index (χ2n) is 6.89. The van der Waals surface area contributed by atoms with Crippen molar-refractivity contribution in [2.75, 3.05) is 25.3 Å². The predicted octanol–water partition coefficient (Wildman–Crippen LogP) is 5.34. The molecule has 168 valence electrons. The maximum Gasteiger partial charge on any atom is 0.234 e. The molecular formula is C24H21ClN4O3S. The molecule has 0 spiro atoms. The molecule has 0 atom stereocenters. The van der Waals surface area contributed by atoms with Crippen LogP contribution in [0.25, 0.3) is 17.1 Å². The van der Waals surface area contributed by atoms with Gasteiger partial charge in [-0.2, -0.15) is 0 Å². The van der Waals surface area contributed by atoms with Crippen LogP contribution in [-0.2, 0) is 4.79 Å². The van der Waals surface area contributed by atoms with Crippen molar-refractivity contribution < 1.29 is 14.3 Å². The number of benzene rings is 3. The normalized spacial score (nSPS) is 10.6. The molecule has 0 fully saturated rings. The van der Waals surface area contributed by atoms with Gasteiger partial charge in [-0.15, -0.1) is 10.2 Å². The van der Waals surface area contributed by atoms with Gasteiger partial charge >= 0.3 is 0 Å². The minimum atomic E-state index is -0.181. The van der Waals surface area contributed by atoms with Gasteiger partial charge in [-0.05, 0) is 36.4 Å². The molecule has 4 aromatic rings. The number of thioether (sulfide) groups is 1. The maximum absolute atomic E-state index is 12.6. The van der Waals surface area contributed by atoms with Crippen LogP contribution in [-0.4, -0.2) is 40.6 Å². The molecule has 1 N–H and O–H groups in total. The maximum atomic E-state index is 12.6. The first-order chi connectivity index (χ1) is 16.1. The molecule has 3 aromatic carbocycles. The standard InChI is InChI=1S/C24H21ClN4O3S/c1-31-20-12-11-18(14-21(20)32-2)26-22(30)15-33-24-28-27-23(16-7-6-8-17(25)13-16)29(24)19-9-4-3-5-10-19/h3-14H,15H2,1-2H3,(H,26,30).